The van der Waals surface area contributed by atoms with Gasteiger partial charge in [0.2, 0.25) is 5.91 Å². The van der Waals surface area contributed by atoms with Crippen LogP contribution in [0.25, 0.3) is 0 Å². The molecule has 3 aliphatic rings. The number of benzene rings is 1. The lowest BCUT2D eigenvalue weighted by molar-refractivity contribution is -0.155. The first-order valence-electron chi connectivity index (χ1n) is 8.70. The molecule has 0 aromatic heterocycles. The van der Waals surface area contributed by atoms with Crippen molar-refractivity contribution in [3.05, 3.63) is 35.9 Å². The van der Waals surface area contributed by atoms with Crippen molar-refractivity contribution in [2.24, 2.45) is 11.8 Å². The van der Waals surface area contributed by atoms with Gasteiger partial charge in [-0.3, -0.25) is 9.59 Å². The normalized spacial score (nSPS) is 33.4. The van der Waals surface area contributed by atoms with Gasteiger partial charge in [-0.1, -0.05) is 49.6 Å². The monoisotopic (exact) mass is 313 g/mol. The third kappa shape index (κ3) is 2.19. The van der Waals surface area contributed by atoms with Gasteiger partial charge >= 0.3 is 5.97 Å². The number of carbonyl (C=O) groups excluding carboxylic acids is 2. The highest BCUT2D eigenvalue weighted by Gasteiger charge is 2.77. The van der Waals surface area contributed by atoms with E-state index in [1.807, 2.05) is 30.3 Å². The van der Waals surface area contributed by atoms with Crippen molar-refractivity contribution in [2.45, 2.75) is 50.7 Å². The molecule has 1 heterocycles. The molecule has 0 spiro atoms. The summed E-state index contributed by atoms with van der Waals surface area (Å²) >= 11 is 0. The van der Waals surface area contributed by atoms with Crippen LogP contribution in [0, 0.1) is 11.8 Å². The number of fused-ring (bicyclic) bond motifs is 1. The average Bonchev–Trinajstić information content (AvgIpc) is 3.05. The summed E-state index contributed by atoms with van der Waals surface area (Å²) in [5.74, 6) is -0.189. The van der Waals surface area contributed by atoms with Crippen LogP contribution in [0.3, 0.4) is 0 Å². The second kappa shape index (κ2) is 5.36. The van der Waals surface area contributed by atoms with Crippen molar-refractivity contribution in [1.82, 2.24) is 4.90 Å². The number of hydrogen-bond acceptors (Lipinski definition) is 3. The number of ether oxygens (including phenoxy) is 1. The molecule has 2 aliphatic carbocycles. The number of nitrogens with zero attached hydrogens (tertiary/aromatic N) is 1. The molecule has 4 nitrogen and oxygen atoms in total. The van der Waals surface area contributed by atoms with Crippen molar-refractivity contribution < 1.29 is 14.3 Å². The summed E-state index contributed by atoms with van der Waals surface area (Å²) in [6.45, 7) is 2.17. The van der Waals surface area contributed by atoms with E-state index in [0.717, 1.165) is 24.9 Å². The molecule has 3 unspecified atom stereocenters. The minimum atomic E-state index is -0.713. The van der Waals surface area contributed by atoms with Crippen LogP contribution >= 0.6 is 0 Å². The van der Waals surface area contributed by atoms with Crippen LogP contribution in [-0.2, 0) is 19.9 Å². The van der Waals surface area contributed by atoms with Gasteiger partial charge in [0.05, 0.1) is 5.92 Å². The number of likely N-dealkylation sites (tertiary alicyclic amines) is 1. The van der Waals surface area contributed by atoms with Crippen molar-refractivity contribution in [3.8, 4) is 0 Å². The molecular weight excluding hydrogens is 290 g/mol. The van der Waals surface area contributed by atoms with Crippen molar-refractivity contribution in [3.63, 3.8) is 0 Å². The maximum Gasteiger partial charge on any atom is 0.303 e. The van der Waals surface area contributed by atoms with Crippen LogP contribution in [-0.4, -0.2) is 29.4 Å². The van der Waals surface area contributed by atoms with Gasteiger partial charge in [-0.2, -0.15) is 0 Å². The molecule has 1 aliphatic heterocycles. The third-order valence-electron chi connectivity index (χ3n) is 5.80. The molecule has 1 saturated heterocycles. The number of amides is 1. The SMILES string of the molecule is CC(=O)OC1(c2ccccc2)C2CN(C3CCCCC3)C(=O)C21. The van der Waals surface area contributed by atoms with Gasteiger partial charge < -0.3 is 9.64 Å². The van der Waals surface area contributed by atoms with Crippen LogP contribution in [0.5, 0.6) is 0 Å². The predicted molar refractivity (Wildman–Crippen MR) is 85.5 cm³/mol. The lowest BCUT2D eigenvalue weighted by atomic mass is 9.93. The maximum atomic E-state index is 13.0. The minimum Gasteiger partial charge on any atom is -0.453 e. The van der Waals surface area contributed by atoms with E-state index in [0.29, 0.717) is 6.04 Å². The summed E-state index contributed by atoms with van der Waals surface area (Å²) < 4.78 is 5.72. The van der Waals surface area contributed by atoms with Gasteiger partial charge in [-0.15, -0.1) is 0 Å². The molecule has 122 valence electrons. The lowest BCUT2D eigenvalue weighted by Crippen LogP contribution is -2.43. The van der Waals surface area contributed by atoms with Gasteiger partial charge in [0.15, 0.2) is 5.60 Å². The predicted octanol–water partition coefficient (Wildman–Crippen LogP) is 2.87. The highest BCUT2D eigenvalue weighted by molar-refractivity contribution is 5.89. The van der Waals surface area contributed by atoms with Crippen molar-refractivity contribution >= 4 is 11.9 Å². The summed E-state index contributed by atoms with van der Waals surface area (Å²) in [4.78, 5) is 26.7. The summed E-state index contributed by atoms with van der Waals surface area (Å²) in [5, 5.41) is 0. The molecule has 0 radical (unpaired) electrons. The third-order valence-corrected chi connectivity index (χ3v) is 5.80. The molecule has 4 heteroatoms. The second-order valence-electron chi connectivity index (χ2n) is 7.12. The zero-order valence-electron chi connectivity index (χ0n) is 13.5. The zero-order valence-corrected chi connectivity index (χ0v) is 13.5. The summed E-state index contributed by atoms with van der Waals surface area (Å²) in [5.41, 5.74) is 0.247. The van der Waals surface area contributed by atoms with E-state index in [4.69, 9.17) is 4.74 Å². The lowest BCUT2D eigenvalue weighted by Gasteiger charge is -2.35. The van der Waals surface area contributed by atoms with Crippen LogP contribution in [0.15, 0.2) is 30.3 Å². The highest BCUT2D eigenvalue weighted by atomic mass is 16.6. The summed E-state index contributed by atoms with van der Waals surface area (Å²) in [7, 11) is 0. The van der Waals surface area contributed by atoms with Crippen LogP contribution < -0.4 is 0 Å². The van der Waals surface area contributed by atoms with E-state index in [1.54, 1.807) is 0 Å². The molecule has 3 fully saturated rings. The van der Waals surface area contributed by atoms with Gasteiger partial charge in [0.25, 0.3) is 0 Å². The molecule has 3 atom stereocenters. The van der Waals surface area contributed by atoms with Gasteiger partial charge in [0.1, 0.15) is 0 Å². The smallest absolute Gasteiger partial charge is 0.303 e. The number of carbonyl (C=O) groups is 2. The van der Waals surface area contributed by atoms with Crippen molar-refractivity contribution in [1.29, 1.82) is 0 Å². The van der Waals surface area contributed by atoms with Gasteiger partial charge in [-0.05, 0) is 18.4 Å². The molecule has 23 heavy (non-hydrogen) atoms. The highest BCUT2D eigenvalue weighted by Crippen LogP contribution is 2.65. The summed E-state index contributed by atoms with van der Waals surface area (Å²) in [6.07, 6.45) is 5.97. The number of hydrogen-bond donors (Lipinski definition) is 0. The topological polar surface area (TPSA) is 46.6 Å². The Hall–Kier alpha value is -1.84. The van der Waals surface area contributed by atoms with E-state index < -0.39 is 5.60 Å². The fourth-order valence-electron chi connectivity index (χ4n) is 4.76. The Labute approximate surface area is 136 Å². The maximum absolute atomic E-state index is 13.0. The Morgan fingerprint density at radius 3 is 2.43 bits per heavy atom. The average molecular weight is 313 g/mol. The first-order valence-corrected chi connectivity index (χ1v) is 8.70. The first-order chi connectivity index (χ1) is 11.1. The molecule has 1 amide bonds. The van der Waals surface area contributed by atoms with Crippen molar-refractivity contribution in [2.75, 3.05) is 6.54 Å². The molecule has 0 bridgehead atoms. The van der Waals surface area contributed by atoms with E-state index in [1.165, 1.54) is 26.2 Å². The fraction of sp³-hybridized carbons (Fsp3) is 0.579. The zero-order chi connectivity index (χ0) is 16.0. The standard InChI is InChI=1S/C19H23NO3/c1-13(21)23-19(14-8-4-2-5-9-14)16-12-20(18(22)17(16)19)15-10-6-3-7-11-15/h2,4-5,8-9,15-17H,3,6-7,10-12H2,1H3. The van der Waals surface area contributed by atoms with Crippen LogP contribution in [0.4, 0.5) is 0 Å². The largest absolute Gasteiger partial charge is 0.453 e. The van der Waals surface area contributed by atoms with E-state index >= 15 is 0 Å². The minimum absolute atomic E-state index is 0.114. The van der Waals surface area contributed by atoms with E-state index in [-0.39, 0.29) is 23.7 Å². The molecule has 1 aromatic carbocycles. The van der Waals surface area contributed by atoms with Gasteiger partial charge in [0, 0.05) is 25.4 Å². The molecule has 0 N–H and O–H groups in total. The quantitative estimate of drug-likeness (QED) is 0.806. The van der Waals surface area contributed by atoms with E-state index in [9.17, 15) is 9.59 Å². The number of rotatable bonds is 3. The van der Waals surface area contributed by atoms with E-state index in [2.05, 4.69) is 4.90 Å². The first kappa shape index (κ1) is 14.7. The second-order valence-corrected chi connectivity index (χ2v) is 7.12. The van der Waals surface area contributed by atoms with Crippen LogP contribution in [0.2, 0.25) is 0 Å². The molecule has 2 saturated carbocycles. The summed E-state index contributed by atoms with van der Waals surface area (Å²) in [6, 6.07) is 10.2. The fourth-order valence-corrected chi connectivity index (χ4v) is 4.76. The Kier molecular flexibility index (Phi) is 3.43. The Morgan fingerprint density at radius 1 is 1.17 bits per heavy atom. The van der Waals surface area contributed by atoms with Gasteiger partial charge in [-0.25, -0.2) is 0 Å². The molecule has 4 rings (SSSR count). The molecule has 1 aromatic rings. The Bertz CT molecular complexity index is 623. The number of piperidine rings is 1. The Balaban J connectivity index is 1.59. The number of esters is 1. The Morgan fingerprint density at radius 2 is 1.87 bits per heavy atom. The van der Waals surface area contributed by atoms with Crippen LogP contribution in [0.1, 0.15) is 44.6 Å². The molecular formula is C19H23NO3.